The maximum absolute atomic E-state index is 12.9. The minimum atomic E-state index is 0.0137. The minimum absolute atomic E-state index is 0.0137. The van der Waals surface area contributed by atoms with Crippen molar-refractivity contribution in [3.8, 4) is 0 Å². The fraction of sp³-hybridized carbons (Fsp3) is 0.467. The maximum Gasteiger partial charge on any atom is 0.130 e. The number of benzene rings is 1. The highest BCUT2D eigenvalue weighted by molar-refractivity contribution is 5.85. The molecule has 2 aromatic rings. The van der Waals surface area contributed by atoms with Gasteiger partial charge in [-0.25, -0.2) is 0 Å². The number of aromatic amines is 1. The van der Waals surface area contributed by atoms with Crippen LogP contribution in [0.25, 0.3) is 10.9 Å². The van der Waals surface area contributed by atoms with Crippen LogP contribution in [0.3, 0.4) is 0 Å². The van der Waals surface area contributed by atoms with Crippen LogP contribution >= 0.6 is 0 Å². The number of piperidine rings is 1. The van der Waals surface area contributed by atoms with E-state index in [2.05, 4.69) is 29.2 Å². The summed E-state index contributed by atoms with van der Waals surface area (Å²) in [7, 11) is 0. The van der Waals surface area contributed by atoms with E-state index in [1.807, 2.05) is 0 Å². The number of hydroxylamine groups is 3. The minimum Gasteiger partial charge on any atom is -0.632 e. The number of hydrogen-bond donors (Lipinski definition) is 1. The van der Waals surface area contributed by atoms with Gasteiger partial charge in [-0.2, -0.15) is 0 Å². The van der Waals surface area contributed by atoms with Gasteiger partial charge in [0, 0.05) is 23.7 Å². The van der Waals surface area contributed by atoms with Crippen molar-refractivity contribution in [1.82, 2.24) is 4.98 Å². The molecule has 1 aromatic heterocycles. The van der Waals surface area contributed by atoms with Crippen LogP contribution in [-0.4, -0.2) is 22.7 Å². The molecule has 2 aliphatic heterocycles. The molecule has 2 aliphatic rings. The Bertz CT molecular complexity index is 604. The van der Waals surface area contributed by atoms with Crippen LogP contribution in [0.2, 0.25) is 0 Å². The fourth-order valence-electron chi connectivity index (χ4n) is 3.83. The van der Waals surface area contributed by atoms with Crippen LogP contribution in [-0.2, 0) is 6.42 Å². The molecule has 2 atom stereocenters. The zero-order valence-corrected chi connectivity index (χ0v) is 10.5. The highest BCUT2D eigenvalue weighted by atomic mass is 16.5. The lowest BCUT2D eigenvalue weighted by atomic mass is 9.90. The first kappa shape index (κ1) is 10.6. The standard InChI is InChI=1S/C15H18N2O/c18-17-9-4-3-7-14(17)15-12(8-10-17)11-5-1-2-6-13(11)16-15/h1-2,5-6,14,16H,3-4,7-10H2/t14-,17-/m0/s1. The van der Waals surface area contributed by atoms with E-state index in [0.29, 0.717) is 0 Å². The van der Waals surface area contributed by atoms with Crippen molar-refractivity contribution >= 4 is 10.9 Å². The van der Waals surface area contributed by atoms with Gasteiger partial charge < -0.3 is 14.8 Å². The molecule has 0 spiro atoms. The van der Waals surface area contributed by atoms with Crippen LogP contribution in [0, 0.1) is 5.21 Å². The second-order valence-corrected chi connectivity index (χ2v) is 5.72. The molecule has 0 bridgehead atoms. The number of rotatable bonds is 0. The predicted molar refractivity (Wildman–Crippen MR) is 72.0 cm³/mol. The molecule has 94 valence electrons. The fourth-order valence-corrected chi connectivity index (χ4v) is 3.83. The van der Waals surface area contributed by atoms with Gasteiger partial charge in [0.05, 0.1) is 18.8 Å². The lowest BCUT2D eigenvalue weighted by Crippen LogP contribution is -2.52. The first-order chi connectivity index (χ1) is 8.78. The molecule has 18 heavy (non-hydrogen) atoms. The van der Waals surface area contributed by atoms with Gasteiger partial charge >= 0.3 is 0 Å². The second kappa shape index (κ2) is 3.59. The average Bonchev–Trinajstić information content (AvgIpc) is 2.76. The molecule has 3 heterocycles. The van der Waals surface area contributed by atoms with E-state index in [-0.39, 0.29) is 10.7 Å². The lowest BCUT2D eigenvalue weighted by molar-refractivity contribution is -0.919. The van der Waals surface area contributed by atoms with Crippen LogP contribution < -0.4 is 0 Å². The van der Waals surface area contributed by atoms with Gasteiger partial charge in [0.1, 0.15) is 6.04 Å². The molecule has 0 amide bonds. The number of H-pyrrole nitrogens is 1. The van der Waals surface area contributed by atoms with E-state index < -0.39 is 0 Å². The van der Waals surface area contributed by atoms with Crippen LogP contribution in [0.4, 0.5) is 0 Å². The molecule has 1 saturated heterocycles. The van der Waals surface area contributed by atoms with E-state index in [9.17, 15) is 5.21 Å². The molecule has 0 unspecified atom stereocenters. The summed E-state index contributed by atoms with van der Waals surface area (Å²) in [5.41, 5.74) is 3.83. The zero-order chi connectivity index (χ0) is 12.2. The predicted octanol–water partition coefficient (Wildman–Crippen LogP) is 3.26. The molecule has 0 radical (unpaired) electrons. The van der Waals surface area contributed by atoms with Gasteiger partial charge in [-0.05, 0) is 24.5 Å². The first-order valence-corrected chi connectivity index (χ1v) is 6.95. The number of aromatic nitrogens is 1. The Morgan fingerprint density at radius 1 is 1.17 bits per heavy atom. The number of hydrogen-bond acceptors (Lipinski definition) is 1. The molecule has 3 nitrogen and oxygen atoms in total. The van der Waals surface area contributed by atoms with Gasteiger partial charge in [0.2, 0.25) is 0 Å². The second-order valence-electron chi connectivity index (χ2n) is 5.72. The number of nitrogens with zero attached hydrogens (tertiary/aromatic N) is 1. The van der Waals surface area contributed by atoms with Crippen LogP contribution in [0.5, 0.6) is 0 Å². The molecule has 1 N–H and O–H groups in total. The highest BCUT2D eigenvalue weighted by Crippen LogP contribution is 2.43. The largest absolute Gasteiger partial charge is 0.632 e. The van der Waals surface area contributed by atoms with Gasteiger partial charge in [-0.1, -0.05) is 18.2 Å². The summed E-state index contributed by atoms with van der Waals surface area (Å²) in [6.07, 6.45) is 4.26. The summed E-state index contributed by atoms with van der Waals surface area (Å²) in [6.45, 7) is 1.57. The number of nitrogens with one attached hydrogen (secondary N) is 1. The number of quaternary nitrogens is 1. The molecular formula is C15H18N2O. The average molecular weight is 242 g/mol. The van der Waals surface area contributed by atoms with E-state index in [4.69, 9.17) is 0 Å². The Kier molecular flexibility index (Phi) is 2.11. The van der Waals surface area contributed by atoms with Crippen molar-refractivity contribution in [2.45, 2.75) is 31.7 Å². The molecule has 3 heteroatoms. The van der Waals surface area contributed by atoms with Gasteiger partial charge in [-0.15, -0.1) is 0 Å². The summed E-state index contributed by atoms with van der Waals surface area (Å²) in [5, 5.41) is 14.2. The summed E-state index contributed by atoms with van der Waals surface area (Å²) in [6, 6.07) is 8.61. The van der Waals surface area contributed by atoms with E-state index in [1.54, 1.807) is 0 Å². The Morgan fingerprint density at radius 2 is 2.06 bits per heavy atom. The van der Waals surface area contributed by atoms with Crippen molar-refractivity contribution in [3.63, 3.8) is 0 Å². The molecule has 1 fully saturated rings. The Hall–Kier alpha value is -1.32. The molecule has 0 aliphatic carbocycles. The van der Waals surface area contributed by atoms with Crippen LogP contribution in [0.15, 0.2) is 24.3 Å². The van der Waals surface area contributed by atoms with E-state index >= 15 is 0 Å². The zero-order valence-electron chi connectivity index (χ0n) is 10.5. The van der Waals surface area contributed by atoms with E-state index in [1.165, 1.54) is 28.6 Å². The van der Waals surface area contributed by atoms with Gasteiger partial charge in [-0.3, -0.25) is 0 Å². The van der Waals surface area contributed by atoms with E-state index in [0.717, 1.165) is 32.4 Å². The van der Waals surface area contributed by atoms with Gasteiger partial charge in [0.15, 0.2) is 0 Å². The molecular weight excluding hydrogens is 224 g/mol. The van der Waals surface area contributed by atoms with Crippen molar-refractivity contribution < 1.29 is 4.65 Å². The number of para-hydroxylation sites is 1. The van der Waals surface area contributed by atoms with Crippen LogP contribution in [0.1, 0.15) is 36.6 Å². The summed E-state index contributed by atoms with van der Waals surface area (Å²) < 4.78 is 0.0137. The van der Waals surface area contributed by atoms with Crippen molar-refractivity contribution in [2.24, 2.45) is 0 Å². The third-order valence-corrected chi connectivity index (χ3v) is 4.75. The SMILES string of the molecule is [O-][N@+]12CCCC[C@H]1c1[nH]c3ccccc3c1CC2. The quantitative estimate of drug-likeness (QED) is 0.559. The summed E-state index contributed by atoms with van der Waals surface area (Å²) in [5.74, 6) is 0. The van der Waals surface area contributed by atoms with Crippen molar-refractivity contribution in [1.29, 1.82) is 0 Å². The van der Waals surface area contributed by atoms with Crippen molar-refractivity contribution in [2.75, 3.05) is 13.1 Å². The third kappa shape index (κ3) is 1.32. The molecule has 1 aromatic carbocycles. The topological polar surface area (TPSA) is 38.8 Å². The van der Waals surface area contributed by atoms with Crippen molar-refractivity contribution in [3.05, 3.63) is 40.7 Å². The third-order valence-electron chi connectivity index (χ3n) is 4.75. The first-order valence-electron chi connectivity index (χ1n) is 6.95. The normalized spacial score (nSPS) is 31.1. The lowest BCUT2D eigenvalue weighted by Gasteiger charge is -2.53. The van der Waals surface area contributed by atoms with Gasteiger partial charge in [0.25, 0.3) is 0 Å². The Labute approximate surface area is 107 Å². The Balaban J connectivity index is 1.92. The highest BCUT2D eigenvalue weighted by Gasteiger charge is 2.39. The maximum atomic E-state index is 12.9. The summed E-state index contributed by atoms with van der Waals surface area (Å²) >= 11 is 0. The number of fused-ring (bicyclic) bond motifs is 5. The molecule has 0 saturated carbocycles. The Morgan fingerprint density at radius 3 is 3.00 bits per heavy atom. The molecule has 4 rings (SSSR count). The monoisotopic (exact) mass is 242 g/mol. The summed E-state index contributed by atoms with van der Waals surface area (Å²) in [4.78, 5) is 3.52. The smallest absolute Gasteiger partial charge is 0.130 e.